The maximum Gasteiger partial charge on any atom is 0.338 e. The van der Waals surface area contributed by atoms with Crippen molar-refractivity contribution in [1.82, 2.24) is 5.32 Å². The predicted octanol–water partition coefficient (Wildman–Crippen LogP) is 2.94. The average molecular weight is 387 g/mol. The van der Waals surface area contributed by atoms with E-state index >= 15 is 0 Å². The summed E-state index contributed by atoms with van der Waals surface area (Å²) in [6, 6.07) is 13.8. The first-order valence-corrected chi connectivity index (χ1v) is 9.00. The molecule has 6 nitrogen and oxygen atoms in total. The van der Waals surface area contributed by atoms with Crippen molar-refractivity contribution in [3.8, 4) is 0 Å². The number of halogens is 1. The number of anilines is 1. The van der Waals surface area contributed by atoms with Crippen LogP contribution < -0.4 is 10.2 Å². The number of nitrogens with zero attached hydrogens (tertiary/aromatic N) is 1. The van der Waals surface area contributed by atoms with E-state index in [1.807, 2.05) is 6.07 Å². The van der Waals surface area contributed by atoms with Crippen LogP contribution in [0.15, 0.2) is 48.5 Å². The third kappa shape index (κ3) is 4.86. The highest BCUT2D eigenvalue weighted by Gasteiger charge is 2.22. The van der Waals surface area contributed by atoms with Crippen LogP contribution in [0, 0.1) is 0 Å². The lowest BCUT2D eigenvalue weighted by Crippen LogP contribution is -2.28. The van der Waals surface area contributed by atoms with Crippen LogP contribution in [0.1, 0.15) is 28.8 Å². The second kappa shape index (κ2) is 8.68. The van der Waals surface area contributed by atoms with E-state index in [9.17, 15) is 14.4 Å². The van der Waals surface area contributed by atoms with Gasteiger partial charge in [-0.25, -0.2) is 4.79 Å². The summed E-state index contributed by atoms with van der Waals surface area (Å²) in [5, 5.41) is 3.21. The molecule has 1 heterocycles. The fourth-order valence-electron chi connectivity index (χ4n) is 2.82. The van der Waals surface area contributed by atoms with Crippen LogP contribution in [-0.2, 0) is 20.9 Å². The fraction of sp³-hybridized carbons (Fsp3) is 0.250. The number of ether oxygens (including phenoxy) is 1. The first kappa shape index (κ1) is 18.9. The molecule has 1 aliphatic heterocycles. The normalized spacial score (nSPS) is 13.5. The first-order valence-electron chi connectivity index (χ1n) is 8.62. The van der Waals surface area contributed by atoms with Crippen molar-refractivity contribution in [2.45, 2.75) is 19.4 Å². The van der Waals surface area contributed by atoms with E-state index in [0.717, 1.165) is 12.0 Å². The Bertz CT molecular complexity index is 869. The molecule has 0 radical (unpaired) electrons. The smallest absolute Gasteiger partial charge is 0.338 e. The van der Waals surface area contributed by atoms with Crippen molar-refractivity contribution in [3.63, 3.8) is 0 Å². The Labute approximate surface area is 162 Å². The highest BCUT2D eigenvalue weighted by atomic mass is 35.5. The predicted molar refractivity (Wildman–Crippen MR) is 102 cm³/mol. The standard InChI is InChI=1S/C20H19ClN2O4/c21-17-8-2-1-5-15(17)12-22-18(24)13-27-20(26)14-6-3-7-16(11-14)23-10-4-9-19(23)25/h1-3,5-8,11H,4,9-10,12-13H2,(H,22,24). The Kier molecular flexibility index (Phi) is 6.08. The van der Waals surface area contributed by atoms with Gasteiger partial charge < -0.3 is 15.0 Å². The zero-order valence-corrected chi connectivity index (χ0v) is 15.4. The molecule has 7 heteroatoms. The van der Waals surface area contributed by atoms with Gasteiger partial charge in [-0.1, -0.05) is 35.9 Å². The van der Waals surface area contributed by atoms with Gasteiger partial charge in [-0.05, 0) is 36.2 Å². The zero-order valence-electron chi connectivity index (χ0n) is 14.6. The second-order valence-corrected chi connectivity index (χ2v) is 6.55. The molecule has 0 spiro atoms. The summed E-state index contributed by atoms with van der Waals surface area (Å²) >= 11 is 6.03. The lowest BCUT2D eigenvalue weighted by Gasteiger charge is -2.16. The number of nitrogens with one attached hydrogen (secondary N) is 1. The molecule has 0 unspecified atom stereocenters. The SMILES string of the molecule is O=C(COC(=O)c1cccc(N2CCCC2=O)c1)NCc1ccccc1Cl. The van der Waals surface area contributed by atoms with Crippen LogP contribution >= 0.6 is 11.6 Å². The minimum atomic E-state index is -0.614. The zero-order chi connectivity index (χ0) is 19.2. The van der Waals surface area contributed by atoms with Gasteiger partial charge in [-0.2, -0.15) is 0 Å². The fourth-order valence-corrected chi connectivity index (χ4v) is 3.03. The second-order valence-electron chi connectivity index (χ2n) is 6.14. The monoisotopic (exact) mass is 386 g/mol. The van der Waals surface area contributed by atoms with Crippen molar-refractivity contribution in [3.05, 3.63) is 64.7 Å². The molecule has 0 atom stereocenters. The van der Waals surface area contributed by atoms with Crippen molar-refractivity contribution >= 4 is 35.1 Å². The summed E-state index contributed by atoms with van der Waals surface area (Å²) in [5.41, 5.74) is 1.74. The van der Waals surface area contributed by atoms with E-state index < -0.39 is 18.5 Å². The molecule has 1 fully saturated rings. The van der Waals surface area contributed by atoms with E-state index in [0.29, 0.717) is 29.2 Å². The topological polar surface area (TPSA) is 75.7 Å². The van der Waals surface area contributed by atoms with Gasteiger partial charge in [-0.15, -0.1) is 0 Å². The largest absolute Gasteiger partial charge is 0.452 e. The van der Waals surface area contributed by atoms with Crippen LogP contribution in [0.5, 0.6) is 0 Å². The van der Waals surface area contributed by atoms with Gasteiger partial charge in [-0.3, -0.25) is 9.59 Å². The van der Waals surface area contributed by atoms with Crippen LogP contribution in [0.25, 0.3) is 0 Å². The molecular formula is C20H19ClN2O4. The lowest BCUT2D eigenvalue weighted by molar-refractivity contribution is -0.124. The number of esters is 1. The van der Waals surface area contributed by atoms with Gasteiger partial charge in [0.15, 0.2) is 6.61 Å². The van der Waals surface area contributed by atoms with Crippen molar-refractivity contribution in [1.29, 1.82) is 0 Å². The molecule has 27 heavy (non-hydrogen) atoms. The summed E-state index contributed by atoms with van der Waals surface area (Å²) in [6.07, 6.45) is 1.32. The van der Waals surface area contributed by atoms with Gasteiger partial charge in [0.05, 0.1) is 5.56 Å². The first-order chi connectivity index (χ1) is 13.0. The van der Waals surface area contributed by atoms with E-state index in [-0.39, 0.29) is 12.5 Å². The Morgan fingerprint density at radius 3 is 2.70 bits per heavy atom. The Hall–Kier alpha value is -2.86. The molecule has 2 amide bonds. The molecule has 2 aromatic rings. The van der Waals surface area contributed by atoms with E-state index in [2.05, 4.69) is 5.32 Å². The van der Waals surface area contributed by atoms with Crippen LogP contribution in [0.4, 0.5) is 5.69 Å². The Morgan fingerprint density at radius 2 is 1.96 bits per heavy atom. The molecule has 1 saturated heterocycles. The van der Waals surface area contributed by atoms with Gasteiger partial charge >= 0.3 is 5.97 Å². The highest BCUT2D eigenvalue weighted by Crippen LogP contribution is 2.22. The third-order valence-electron chi connectivity index (χ3n) is 4.24. The molecule has 140 valence electrons. The van der Waals surface area contributed by atoms with Crippen LogP contribution in [-0.4, -0.2) is 30.9 Å². The van der Waals surface area contributed by atoms with Crippen molar-refractivity contribution in [2.75, 3.05) is 18.1 Å². The summed E-state index contributed by atoms with van der Waals surface area (Å²) in [6.45, 7) is 0.501. The molecule has 1 aliphatic rings. The number of rotatable bonds is 6. The Balaban J connectivity index is 1.52. The quantitative estimate of drug-likeness (QED) is 0.774. The maximum atomic E-state index is 12.2. The summed E-state index contributed by atoms with van der Waals surface area (Å²) in [7, 11) is 0. The Morgan fingerprint density at radius 1 is 1.15 bits per heavy atom. The van der Waals surface area contributed by atoms with Gasteiger partial charge in [0.2, 0.25) is 5.91 Å². The number of hydrogen-bond acceptors (Lipinski definition) is 4. The van der Waals surface area contributed by atoms with Crippen molar-refractivity contribution < 1.29 is 19.1 Å². The molecule has 0 aliphatic carbocycles. The summed E-state index contributed by atoms with van der Waals surface area (Å²) in [5.74, 6) is -0.995. The molecular weight excluding hydrogens is 368 g/mol. The van der Waals surface area contributed by atoms with Gasteiger partial charge in [0, 0.05) is 30.2 Å². The van der Waals surface area contributed by atoms with Gasteiger partial charge in [0.25, 0.3) is 5.91 Å². The molecule has 3 rings (SSSR count). The number of hydrogen-bond donors (Lipinski definition) is 1. The minimum Gasteiger partial charge on any atom is -0.452 e. The molecule has 0 aromatic heterocycles. The average Bonchev–Trinajstić information content (AvgIpc) is 3.11. The summed E-state index contributed by atoms with van der Waals surface area (Å²) < 4.78 is 5.07. The maximum absolute atomic E-state index is 12.2. The third-order valence-corrected chi connectivity index (χ3v) is 4.60. The highest BCUT2D eigenvalue weighted by molar-refractivity contribution is 6.31. The minimum absolute atomic E-state index is 0.0412. The summed E-state index contributed by atoms with van der Waals surface area (Å²) in [4.78, 5) is 37.6. The lowest BCUT2D eigenvalue weighted by atomic mass is 10.2. The van der Waals surface area contributed by atoms with Crippen LogP contribution in [0.2, 0.25) is 5.02 Å². The molecule has 0 bridgehead atoms. The number of benzene rings is 2. The van der Waals surface area contributed by atoms with Crippen LogP contribution in [0.3, 0.4) is 0 Å². The van der Waals surface area contributed by atoms with E-state index in [1.165, 1.54) is 0 Å². The molecule has 1 N–H and O–H groups in total. The van der Waals surface area contributed by atoms with Crippen molar-refractivity contribution in [2.24, 2.45) is 0 Å². The molecule has 2 aromatic carbocycles. The number of carbonyl (C=O) groups is 3. The van der Waals surface area contributed by atoms with E-state index in [4.69, 9.17) is 16.3 Å². The van der Waals surface area contributed by atoms with Gasteiger partial charge in [0.1, 0.15) is 0 Å². The number of carbonyl (C=O) groups excluding carboxylic acids is 3. The molecule has 0 saturated carbocycles. The van der Waals surface area contributed by atoms with E-state index in [1.54, 1.807) is 47.4 Å². The number of amides is 2.